The molecular formula is C16H15NO6S. The van der Waals surface area contributed by atoms with Crippen LogP contribution in [0.4, 0.5) is 5.69 Å². The molecule has 1 aromatic carbocycles. The standard InChI is InChI=1S/C16H15NO6S/c1-8-13(23-7-12(19)20)15(16(21)22)24-14(8)10-3-5-11(6-4-10)17-9(2)18/h3-6H,7H2,1-2H3,(H,17,18)(H,19,20)(H,21,22). The second kappa shape index (κ2) is 7.14. The number of hydrogen-bond acceptors (Lipinski definition) is 5. The maximum atomic E-state index is 11.4. The van der Waals surface area contributed by atoms with Crippen LogP contribution in [0.25, 0.3) is 10.4 Å². The van der Waals surface area contributed by atoms with E-state index in [1.54, 1.807) is 31.2 Å². The Balaban J connectivity index is 2.39. The van der Waals surface area contributed by atoms with Crippen LogP contribution in [0.1, 0.15) is 22.2 Å². The van der Waals surface area contributed by atoms with E-state index in [9.17, 15) is 19.5 Å². The Morgan fingerprint density at radius 3 is 2.29 bits per heavy atom. The van der Waals surface area contributed by atoms with Crippen molar-refractivity contribution in [3.05, 3.63) is 34.7 Å². The topological polar surface area (TPSA) is 113 Å². The SMILES string of the molecule is CC(=O)Nc1ccc(-c2sc(C(=O)O)c(OCC(=O)O)c2C)cc1. The molecule has 0 aliphatic heterocycles. The zero-order valence-corrected chi connectivity index (χ0v) is 13.8. The van der Waals surface area contributed by atoms with Crippen molar-refractivity contribution in [3.8, 4) is 16.2 Å². The molecule has 2 rings (SSSR count). The average Bonchev–Trinajstić information content (AvgIpc) is 2.82. The molecule has 8 heteroatoms. The number of aromatic carboxylic acids is 1. The maximum absolute atomic E-state index is 11.4. The highest BCUT2D eigenvalue weighted by molar-refractivity contribution is 7.18. The normalized spacial score (nSPS) is 10.2. The van der Waals surface area contributed by atoms with E-state index in [0.29, 0.717) is 16.1 Å². The lowest BCUT2D eigenvalue weighted by molar-refractivity contribution is -0.139. The van der Waals surface area contributed by atoms with Gasteiger partial charge in [-0.1, -0.05) is 12.1 Å². The van der Waals surface area contributed by atoms with Gasteiger partial charge in [0.25, 0.3) is 0 Å². The van der Waals surface area contributed by atoms with Crippen molar-refractivity contribution in [2.45, 2.75) is 13.8 Å². The molecule has 2 aromatic rings. The van der Waals surface area contributed by atoms with Gasteiger partial charge >= 0.3 is 11.9 Å². The number of rotatable bonds is 6. The third-order valence-electron chi connectivity index (χ3n) is 3.09. The zero-order valence-electron chi connectivity index (χ0n) is 13.0. The highest BCUT2D eigenvalue weighted by Gasteiger charge is 2.23. The summed E-state index contributed by atoms with van der Waals surface area (Å²) in [4.78, 5) is 33.7. The lowest BCUT2D eigenvalue weighted by Crippen LogP contribution is -2.11. The molecule has 1 aromatic heterocycles. The van der Waals surface area contributed by atoms with Gasteiger partial charge in [-0.2, -0.15) is 0 Å². The average molecular weight is 349 g/mol. The second-order valence-corrected chi connectivity index (χ2v) is 5.98. The third kappa shape index (κ3) is 3.90. The van der Waals surface area contributed by atoms with Crippen LogP contribution >= 0.6 is 11.3 Å². The highest BCUT2D eigenvalue weighted by Crippen LogP contribution is 2.41. The Morgan fingerprint density at radius 2 is 1.79 bits per heavy atom. The molecule has 3 N–H and O–H groups in total. The number of nitrogens with one attached hydrogen (secondary N) is 1. The van der Waals surface area contributed by atoms with Crippen molar-refractivity contribution in [1.29, 1.82) is 0 Å². The van der Waals surface area contributed by atoms with Gasteiger partial charge in [-0.25, -0.2) is 9.59 Å². The molecule has 0 aliphatic carbocycles. The van der Waals surface area contributed by atoms with Gasteiger partial charge < -0.3 is 20.3 Å². The number of carboxylic acid groups (broad SMARTS) is 2. The number of carbonyl (C=O) groups excluding carboxylic acids is 1. The van der Waals surface area contributed by atoms with Gasteiger partial charge in [0.1, 0.15) is 5.75 Å². The summed E-state index contributed by atoms with van der Waals surface area (Å²) in [5, 5.41) is 20.7. The predicted molar refractivity (Wildman–Crippen MR) is 88.9 cm³/mol. The molecule has 0 atom stereocenters. The molecule has 126 valence electrons. The van der Waals surface area contributed by atoms with Crippen LogP contribution in [0.3, 0.4) is 0 Å². The fourth-order valence-electron chi connectivity index (χ4n) is 2.13. The summed E-state index contributed by atoms with van der Waals surface area (Å²) < 4.78 is 5.14. The maximum Gasteiger partial charge on any atom is 0.349 e. The Bertz CT molecular complexity index is 794. The summed E-state index contributed by atoms with van der Waals surface area (Å²) in [5.74, 6) is -2.48. The van der Waals surface area contributed by atoms with Crippen LogP contribution in [-0.2, 0) is 9.59 Å². The summed E-state index contributed by atoms with van der Waals surface area (Å²) in [6.45, 7) is 2.47. The van der Waals surface area contributed by atoms with Crippen LogP contribution in [0, 0.1) is 6.92 Å². The van der Waals surface area contributed by atoms with Gasteiger partial charge in [-0.15, -0.1) is 11.3 Å². The molecule has 0 saturated carbocycles. The summed E-state index contributed by atoms with van der Waals surface area (Å²) in [5.41, 5.74) is 1.94. The van der Waals surface area contributed by atoms with Gasteiger partial charge in [0.05, 0.1) is 0 Å². The number of anilines is 1. The molecule has 24 heavy (non-hydrogen) atoms. The third-order valence-corrected chi connectivity index (χ3v) is 4.40. The molecule has 0 radical (unpaired) electrons. The highest BCUT2D eigenvalue weighted by atomic mass is 32.1. The van der Waals surface area contributed by atoms with Gasteiger partial charge in [0.15, 0.2) is 11.5 Å². The van der Waals surface area contributed by atoms with Gasteiger partial charge in [0, 0.05) is 23.1 Å². The Hall–Kier alpha value is -2.87. The molecule has 0 fully saturated rings. The van der Waals surface area contributed by atoms with E-state index in [2.05, 4.69) is 5.32 Å². The molecule has 1 amide bonds. The number of amides is 1. The van der Waals surface area contributed by atoms with E-state index in [0.717, 1.165) is 16.9 Å². The van der Waals surface area contributed by atoms with Crippen LogP contribution in [0.15, 0.2) is 24.3 Å². The molecule has 1 heterocycles. The number of aliphatic carboxylic acids is 1. The summed E-state index contributed by atoms with van der Waals surface area (Å²) >= 11 is 1.01. The van der Waals surface area contributed by atoms with Gasteiger partial charge in [0.2, 0.25) is 5.91 Å². The van der Waals surface area contributed by atoms with Crippen LogP contribution in [0.5, 0.6) is 5.75 Å². The van der Waals surface area contributed by atoms with Crippen molar-refractivity contribution >= 4 is 34.9 Å². The second-order valence-electron chi connectivity index (χ2n) is 4.96. The van der Waals surface area contributed by atoms with E-state index in [-0.39, 0.29) is 16.5 Å². The quantitative estimate of drug-likeness (QED) is 0.739. The van der Waals surface area contributed by atoms with Crippen molar-refractivity contribution in [2.24, 2.45) is 0 Å². The minimum Gasteiger partial charge on any atom is -0.480 e. The molecule has 0 saturated heterocycles. The smallest absolute Gasteiger partial charge is 0.349 e. The lowest BCUT2D eigenvalue weighted by atomic mass is 10.1. The predicted octanol–water partition coefficient (Wildman–Crippen LogP) is 2.84. The number of ether oxygens (including phenoxy) is 1. The summed E-state index contributed by atoms with van der Waals surface area (Å²) in [6, 6.07) is 6.90. The van der Waals surface area contributed by atoms with E-state index in [1.165, 1.54) is 6.92 Å². The largest absolute Gasteiger partial charge is 0.480 e. The number of carbonyl (C=O) groups is 3. The van der Waals surface area contributed by atoms with E-state index in [4.69, 9.17) is 9.84 Å². The molecule has 0 aliphatic rings. The Morgan fingerprint density at radius 1 is 1.17 bits per heavy atom. The first-order chi connectivity index (χ1) is 11.3. The van der Waals surface area contributed by atoms with Crippen LogP contribution in [-0.4, -0.2) is 34.7 Å². The van der Waals surface area contributed by atoms with Crippen molar-refractivity contribution in [2.75, 3.05) is 11.9 Å². The van der Waals surface area contributed by atoms with Gasteiger partial charge in [-0.05, 0) is 24.6 Å². The van der Waals surface area contributed by atoms with E-state index in [1.807, 2.05) is 0 Å². The van der Waals surface area contributed by atoms with Crippen molar-refractivity contribution < 1.29 is 29.3 Å². The molecule has 7 nitrogen and oxygen atoms in total. The van der Waals surface area contributed by atoms with Crippen LogP contribution < -0.4 is 10.1 Å². The molecule has 0 unspecified atom stereocenters. The summed E-state index contributed by atoms with van der Waals surface area (Å²) in [6.07, 6.45) is 0. The minimum absolute atomic E-state index is 0.0466. The number of hydrogen-bond donors (Lipinski definition) is 3. The van der Waals surface area contributed by atoms with E-state index < -0.39 is 18.5 Å². The Kier molecular flexibility index (Phi) is 5.20. The first-order valence-electron chi connectivity index (χ1n) is 6.89. The first kappa shape index (κ1) is 17.5. The van der Waals surface area contributed by atoms with E-state index >= 15 is 0 Å². The number of carboxylic acids is 2. The fourth-order valence-corrected chi connectivity index (χ4v) is 3.23. The Labute approximate surface area is 141 Å². The van der Waals surface area contributed by atoms with Gasteiger partial charge in [-0.3, -0.25) is 4.79 Å². The molecular weight excluding hydrogens is 334 g/mol. The van der Waals surface area contributed by atoms with Crippen molar-refractivity contribution in [1.82, 2.24) is 0 Å². The monoisotopic (exact) mass is 349 g/mol. The molecule has 0 bridgehead atoms. The van der Waals surface area contributed by atoms with Crippen LogP contribution in [0.2, 0.25) is 0 Å². The summed E-state index contributed by atoms with van der Waals surface area (Å²) in [7, 11) is 0. The number of thiophene rings is 1. The number of benzene rings is 1. The zero-order chi connectivity index (χ0) is 17.9. The minimum atomic E-state index is -1.18. The van der Waals surface area contributed by atoms with Crippen molar-refractivity contribution in [3.63, 3.8) is 0 Å². The first-order valence-corrected chi connectivity index (χ1v) is 7.70. The fraction of sp³-hybridized carbons (Fsp3) is 0.188. The lowest BCUT2D eigenvalue weighted by Gasteiger charge is -2.06. The molecule has 0 spiro atoms.